The molecule has 0 aromatic heterocycles. The molecule has 0 bridgehead atoms. The molecule has 2 rings (SSSR count). The second kappa shape index (κ2) is 4.01. The van der Waals surface area contributed by atoms with Crippen molar-refractivity contribution in [1.82, 2.24) is 0 Å². The van der Waals surface area contributed by atoms with Crippen molar-refractivity contribution in [3.8, 4) is 11.5 Å². The molecule has 1 aliphatic rings. The van der Waals surface area contributed by atoms with Gasteiger partial charge in [-0.15, -0.1) is 0 Å². The first-order valence-corrected chi connectivity index (χ1v) is 6.33. The fourth-order valence-corrected chi connectivity index (χ4v) is 3.13. The number of hydrogen-bond acceptors (Lipinski definition) is 3. The predicted octanol–water partition coefficient (Wildman–Crippen LogP) is 3.05. The van der Waals surface area contributed by atoms with E-state index in [2.05, 4.69) is 0 Å². The molecule has 2 N–H and O–H groups in total. The molecule has 2 atom stereocenters. The van der Waals surface area contributed by atoms with Crippen LogP contribution in [0.1, 0.15) is 44.2 Å². The van der Waals surface area contributed by atoms with Gasteiger partial charge in [-0.25, -0.2) is 0 Å². The standard InChI is InChI=1S/C15H20O3/c1-10-7-13(18)11(8-12(10)17)15(3)6-4-5-14(15,2)9-16/h7-9,17-18H,4-6H2,1-3H3/t14-,15+/m0/s1. The highest BCUT2D eigenvalue weighted by Crippen LogP contribution is 2.55. The van der Waals surface area contributed by atoms with Crippen LogP contribution in [-0.4, -0.2) is 16.5 Å². The summed E-state index contributed by atoms with van der Waals surface area (Å²) in [5.41, 5.74) is 0.430. The van der Waals surface area contributed by atoms with Gasteiger partial charge in [0.25, 0.3) is 0 Å². The summed E-state index contributed by atoms with van der Waals surface area (Å²) in [6, 6.07) is 3.18. The first-order chi connectivity index (χ1) is 8.34. The van der Waals surface area contributed by atoms with Crippen molar-refractivity contribution >= 4 is 6.29 Å². The van der Waals surface area contributed by atoms with Crippen LogP contribution in [0, 0.1) is 12.3 Å². The molecule has 0 amide bonds. The number of aromatic hydroxyl groups is 2. The smallest absolute Gasteiger partial charge is 0.126 e. The summed E-state index contributed by atoms with van der Waals surface area (Å²) < 4.78 is 0. The van der Waals surface area contributed by atoms with Crippen LogP contribution in [0.4, 0.5) is 0 Å². The minimum absolute atomic E-state index is 0.169. The zero-order valence-electron chi connectivity index (χ0n) is 11.2. The maximum Gasteiger partial charge on any atom is 0.126 e. The van der Waals surface area contributed by atoms with E-state index in [9.17, 15) is 15.0 Å². The highest BCUT2D eigenvalue weighted by molar-refractivity contribution is 5.65. The Morgan fingerprint density at radius 2 is 1.83 bits per heavy atom. The number of hydrogen-bond donors (Lipinski definition) is 2. The van der Waals surface area contributed by atoms with Gasteiger partial charge in [0, 0.05) is 16.4 Å². The SMILES string of the molecule is Cc1cc(O)c([C@@]2(C)CCC[C@@]2(C)C=O)cc1O. The average Bonchev–Trinajstić information content (AvgIpc) is 2.62. The Labute approximate surface area is 107 Å². The molecule has 0 unspecified atom stereocenters. The molecule has 1 aromatic carbocycles. The number of carbonyl (C=O) groups is 1. The van der Waals surface area contributed by atoms with Crippen molar-refractivity contribution < 1.29 is 15.0 Å². The molecule has 0 radical (unpaired) electrons. The zero-order chi connectivity index (χ0) is 13.6. The Bertz CT molecular complexity index is 495. The fourth-order valence-electron chi connectivity index (χ4n) is 3.13. The van der Waals surface area contributed by atoms with E-state index in [0.29, 0.717) is 11.1 Å². The van der Waals surface area contributed by atoms with Gasteiger partial charge in [-0.1, -0.05) is 20.3 Å². The van der Waals surface area contributed by atoms with E-state index in [1.54, 1.807) is 19.1 Å². The lowest BCUT2D eigenvalue weighted by Gasteiger charge is -2.38. The van der Waals surface area contributed by atoms with Crippen LogP contribution >= 0.6 is 0 Å². The van der Waals surface area contributed by atoms with Gasteiger partial charge in [-0.3, -0.25) is 0 Å². The summed E-state index contributed by atoms with van der Waals surface area (Å²) in [6.07, 6.45) is 3.62. The van der Waals surface area contributed by atoms with Gasteiger partial charge in [0.15, 0.2) is 0 Å². The number of aryl methyl sites for hydroxylation is 1. The quantitative estimate of drug-likeness (QED) is 0.624. The van der Waals surface area contributed by atoms with Crippen LogP contribution in [0.15, 0.2) is 12.1 Å². The van der Waals surface area contributed by atoms with E-state index in [1.807, 2.05) is 13.8 Å². The van der Waals surface area contributed by atoms with Crippen LogP contribution < -0.4 is 0 Å². The van der Waals surface area contributed by atoms with Gasteiger partial charge in [0.05, 0.1) is 0 Å². The minimum Gasteiger partial charge on any atom is -0.508 e. The van der Waals surface area contributed by atoms with Gasteiger partial charge in [-0.2, -0.15) is 0 Å². The number of phenolic OH excluding ortho intramolecular Hbond substituents is 2. The first kappa shape index (κ1) is 12.9. The maximum absolute atomic E-state index is 11.4. The van der Waals surface area contributed by atoms with E-state index in [-0.39, 0.29) is 11.5 Å². The molecule has 0 aliphatic heterocycles. The van der Waals surface area contributed by atoms with E-state index in [1.165, 1.54) is 0 Å². The van der Waals surface area contributed by atoms with E-state index < -0.39 is 10.8 Å². The molecule has 0 saturated heterocycles. The number of carbonyl (C=O) groups excluding carboxylic acids is 1. The molecule has 3 heteroatoms. The Morgan fingerprint density at radius 3 is 2.44 bits per heavy atom. The van der Waals surface area contributed by atoms with Crippen LogP contribution in [0.3, 0.4) is 0 Å². The van der Waals surface area contributed by atoms with Crippen molar-refractivity contribution in [1.29, 1.82) is 0 Å². The number of benzene rings is 1. The van der Waals surface area contributed by atoms with E-state index in [0.717, 1.165) is 25.5 Å². The zero-order valence-corrected chi connectivity index (χ0v) is 11.2. The third-order valence-corrected chi connectivity index (χ3v) is 4.80. The van der Waals surface area contributed by atoms with Gasteiger partial charge < -0.3 is 15.0 Å². The largest absolute Gasteiger partial charge is 0.508 e. The van der Waals surface area contributed by atoms with Crippen molar-refractivity contribution in [3.05, 3.63) is 23.3 Å². The molecule has 3 nitrogen and oxygen atoms in total. The molecule has 0 heterocycles. The van der Waals surface area contributed by atoms with Crippen LogP contribution in [-0.2, 0) is 10.2 Å². The molecule has 18 heavy (non-hydrogen) atoms. The molecule has 1 aliphatic carbocycles. The molecule has 98 valence electrons. The number of rotatable bonds is 2. The van der Waals surface area contributed by atoms with Gasteiger partial charge in [0.2, 0.25) is 0 Å². The van der Waals surface area contributed by atoms with Gasteiger partial charge in [0.1, 0.15) is 17.8 Å². The fraction of sp³-hybridized carbons (Fsp3) is 0.533. The third-order valence-electron chi connectivity index (χ3n) is 4.80. The van der Waals surface area contributed by atoms with Crippen molar-refractivity contribution in [2.75, 3.05) is 0 Å². The van der Waals surface area contributed by atoms with Crippen LogP contribution in [0.5, 0.6) is 11.5 Å². The lowest BCUT2D eigenvalue weighted by atomic mass is 9.64. The molecular weight excluding hydrogens is 228 g/mol. The first-order valence-electron chi connectivity index (χ1n) is 6.33. The summed E-state index contributed by atoms with van der Waals surface area (Å²) in [7, 11) is 0. The Kier molecular flexibility index (Phi) is 2.88. The maximum atomic E-state index is 11.4. The van der Waals surface area contributed by atoms with Gasteiger partial charge in [-0.05, 0) is 37.5 Å². The minimum atomic E-state index is -0.480. The second-order valence-corrected chi connectivity index (χ2v) is 5.88. The molecule has 0 spiro atoms. The highest BCUT2D eigenvalue weighted by atomic mass is 16.3. The second-order valence-electron chi connectivity index (χ2n) is 5.88. The van der Waals surface area contributed by atoms with Crippen LogP contribution in [0.2, 0.25) is 0 Å². The summed E-state index contributed by atoms with van der Waals surface area (Å²) in [5.74, 6) is 0.340. The predicted molar refractivity (Wildman–Crippen MR) is 69.9 cm³/mol. The normalized spacial score (nSPS) is 31.5. The van der Waals surface area contributed by atoms with Crippen molar-refractivity contribution in [2.24, 2.45) is 5.41 Å². The van der Waals surface area contributed by atoms with E-state index in [4.69, 9.17) is 0 Å². The average molecular weight is 248 g/mol. The third kappa shape index (κ3) is 1.61. The summed E-state index contributed by atoms with van der Waals surface area (Å²) >= 11 is 0. The van der Waals surface area contributed by atoms with Crippen molar-refractivity contribution in [2.45, 2.75) is 45.4 Å². The summed E-state index contributed by atoms with van der Waals surface area (Å²) in [5, 5.41) is 20.0. The van der Waals surface area contributed by atoms with Gasteiger partial charge >= 0.3 is 0 Å². The van der Waals surface area contributed by atoms with Crippen molar-refractivity contribution in [3.63, 3.8) is 0 Å². The molecule has 1 saturated carbocycles. The Morgan fingerprint density at radius 1 is 1.17 bits per heavy atom. The Hall–Kier alpha value is -1.51. The molecule has 1 aromatic rings. The summed E-state index contributed by atoms with van der Waals surface area (Å²) in [4.78, 5) is 11.4. The lowest BCUT2D eigenvalue weighted by Crippen LogP contribution is -2.37. The highest BCUT2D eigenvalue weighted by Gasteiger charge is 2.50. The monoisotopic (exact) mass is 248 g/mol. The lowest BCUT2D eigenvalue weighted by molar-refractivity contribution is -0.117. The molecule has 1 fully saturated rings. The Balaban J connectivity index is 2.61. The molecular formula is C15H20O3. The summed E-state index contributed by atoms with van der Waals surface area (Å²) in [6.45, 7) is 5.68. The number of aldehydes is 1. The number of phenols is 2. The van der Waals surface area contributed by atoms with Crippen LogP contribution in [0.25, 0.3) is 0 Å². The topological polar surface area (TPSA) is 57.5 Å². The van der Waals surface area contributed by atoms with E-state index >= 15 is 0 Å².